The Morgan fingerprint density at radius 2 is 0.500 bits per heavy atom. The molecule has 0 aromatic rings. The highest BCUT2D eigenvalue weighted by Gasteiger charge is 2.24. The number of unbranched alkanes of at least 4 members (excludes halogenated alkanes) is 21. The molecule has 0 N–H and O–H groups in total. The molecule has 0 atom stereocenters. The lowest BCUT2D eigenvalue weighted by Crippen LogP contribution is -2.18. The van der Waals surface area contributed by atoms with Crippen molar-refractivity contribution in [3.63, 3.8) is 0 Å². The zero-order valence-corrected chi connectivity index (χ0v) is 23.6. The van der Waals surface area contributed by atoms with Gasteiger partial charge in [-0.05, 0) is 18.3 Å². The van der Waals surface area contributed by atoms with Gasteiger partial charge in [-0.3, -0.25) is 0 Å². The Hall–Kier alpha value is 0. The Morgan fingerprint density at radius 1 is 0.281 bits per heavy atom. The molecule has 0 aromatic heterocycles. The Kier molecular flexibility index (Phi) is 25.6. The lowest BCUT2D eigenvalue weighted by molar-refractivity contribution is 0.203. The molecule has 0 heterocycles. The van der Waals surface area contributed by atoms with Gasteiger partial charge in [-0.2, -0.15) is 0 Å². The van der Waals surface area contributed by atoms with Gasteiger partial charge in [0, 0.05) is 0 Å². The van der Waals surface area contributed by atoms with Crippen molar-refractivity contribution in [2.75, 3.05) is 0 Å². The molecule has 0 aliphatic rings. The Labute approximate surface area is 206 Å². The molecule has 0 fully saturated rings. The first-order valence-corrected chi connectivity index (χ1v) is 15.7. The summed E-state index contributed by atoms with van der Waals surface area (Å²) in [6.07, 6.45) is 39.6. The van der Waals surface area contributed by atoms with Crippen LogP contribution in [0.1, 0.15) is 201 Å². The zero-order valence-electron chi connectivity index (χ0n) is 23.6. The van der Waals surface area contributed by atoms with Crippen LogP contribution in [-0.2, 0) is 0 Å². The van der Waals surface area contributed by atoms with E-state index in [0.29, 0.717) is 5.41 Å². The highest BCUT2D eigenvalue weighted by atomic mass is 14.3. The van der Waals surface area contributed by atoms with Crippen molar-refractivity contribution in [3.05, 3.63) is 0 Å². The normalized spacial score (nSPS) is 12.0. The summed E-state index contributed by atoms with van der Waals surface area (Å²) < 4.78 is 0. The van der Waals surface area contributed by atoms with E-state index >= 15 is 0 Å². The van der Waals surface area contributed by atoms with Gasteiger partial charge in [0.05, 0.1) is 0 Å². The van der Waals surface area contributed by atoms with Gasteiger partial charge in [-0.25, -0.2) is 0 Å². The molecular formula is C32H66. The summed E-state index contributed by atoms with van der Waals surface area (Å²) in [7, 11) is 0. The molecule has 0 unspecified atom stereocenters. The second-order valence-electron chi connectivity index (χ2n) is 11.1. The number of rotatable bonds is 27. The van der Waals surface area contributed by atoms with Crippen LogP contribution in [0.2, 0.25) is 0 Å². The monoisotopic (exact) mass is 451 g/mol. The van der Waals surface area contributed by atoms with E-state index in [4.69, 9.17) is 0 Å². The van der Waals surface area contributed by atoms with Crippen molar-refractivity contribution in [1.82, 2.24) is 0 Å². The van der Waals surface area contributed by atoms with Gasteiger partial charge < -0.3 is 0 Å². The SMILES string of the molecule is CCCCCCCCCCCCCCCCCCCCCCC(CC)(CC)CCCCC. The van der Waals surface area contributed by atoms with Crippen LogP contribution in [0.15, 0.2) is 0 Å². The van der Waals surface area contributed by atoms with E-state index in [1.54, 1.807) is 0 Å². The molecule has 0 bridgehead atoms. The van der Waals surface area contributed by atoms with Crippen LogP contribution in [0.25, 0.3) is 0 Å². The lowest BCUT2D eigenvalue weighted by Gasteiger charge is -2.32. The van der Waals surface area contributed by atoms with Crippen LogP contribution < -0.4 is 0 Å². The molecule has 0 saturated heterocycles. The average molecular weight is 451 g/mol. The summed E-state index contributed by atoms with van der Waals surface area (Å²) >= 11 is 0. The third kappa shape index (κ3) is 20.6. The summed E-state index contributed by atoms with van der Waals surface area (Å²) in [6.45, 7) is 9.51. The Bertz CT molecular complexity index is 327. The maximum absolute atomic E-state index is 2.44. The highest BCUT2D eigenvalue weighted by molar-refractivity contribution is 4.76. The number of hydrogen-bond donors (Lipinski definition) is 0. The molecule has 0 spiro atoms. The van der Waals surface area contributed by atoms with E-state index in [1.807, 2.05) is 0 Å². The van der Waals surface area contributed by atoms with Gasteiger partial charge in [-0.1, -0.05) is 188 Å². The van der Waals surface area contributed by atoms with E-state index in [9.17, 15) is 0 Å². The first-order valence-electron chi connectivity index (χ1n) is 15.7. The van der Waals surface area contributed by atoms with Crippen molar-refractivity contribution in [2.24, 2.45) is 5.41 Å². The minimum atomic E-state index is 0.670. The van der Waals surface area contributed by atoms with Crippen molar-refractivity contribution >= 4 is 0 Å². The maximum Gasteiger partial charge on any atom is -0.0303 e. The van der Waals surface area contributed by atoms with Crippen molar-refractivity contribution < 1.29 is 0 Å². The second-order valence-corrected chi connectivity index (χ2v) is 11.1. The third-order valence-corrected chi connectivity index (χ3v) is 8.37. The molecule has 0 aliphatic carbocycles. The fourth-order valence-corrected chi connectivity index (χ4v) is 5.59. The number of hydrogen-bond acceptors (Lipinski definition) is 0. The molecule has 0 nitrogen and oxygen atoms in total. The van der Waals surface area contributed by atoms with Gasteiger partial charge in [0.2, 0.25) is 0 Å². The molecule has 194 valence electrons. The van der Waals surface area contributed by atoms with Gasteiger partial charge in [0.25, 0.3) is 0 Å². The summed E-state index contributed by atoms with van der Waals surface area (Å²) in [5, 5.41) is 0. The minimum Gasteiger partial charge on any atom is -0.0654 e. The van der Waals surface area contributed by atoms with E-state index < -0.39 is 0 Å². The Morgan fingerprint density at radius 3 is 0.781 bits per heavy atom. The van der Waals surface area contributed by atoms with E-state index in [0.717, 1.165) is 0 Å². The summed E-state index contributed by atoms with van der Waals surface area (Å²) in [5.41, 5.74) is 0.670. The van der Waals surface area contributed by atoms with Crippen LogP contribution in [-0.4, -0.2) is 0 Å². The first-order chi connectivity index (χ1) is 15.7. The Balaban J connectivity index is 3.32. The zero-order chi connectivity index (χ0) is 23.6. The standard InChI is InChI=1S/C32H66/c1-5-9-11-12-13-14-15-16-17-18-19-20-21-22-23-24-25-26-27-29-31-32(7-3,8-4)30-28-10-6-2/h5-31H2,1-4H3. The minimum absolute atomic E-state index is 0.670. The van der Waals surface area contributed by atoms with Crippen LogP contribution in [0.5, 0.6) is 0 Å². The molecule has 0 aliphatic heterocycles. The average Bonchev–Trinajstić information content (AvgIpc) is 2.82. The smallest absolute Gasteiger partial charge is 0.0303 e. The molecule has 0 amide bonds. The van der Waals surface area contributed by atoms with Crippen LogP contribution >= 0.6 is 0 Å². The maximum atomic E-state index is 2.44. The van der Waals surface area contributed by atoms with Crippen molar-refractivity contribution in [2.45, 2.75) is 201 Å². The summed E-state index contributed by atoms with van der Waals surface area (Å²) in [5.74, 6) is 0. The second kappa shape index (κ2) is 25.6. The fraction of sp³-hybridized carbons (Fsp3) is 1.00. The van der Waals surface area contributed by atoms with Crippen LogP contribution in [0.4, 0.5) is 0 Å². The summed E-state index contributed by atoms with van der Waals surface area (Å²) in [4.78, 5) is 0. The highest BCUT2D eigenvalue weighted by Crippen LogP contribution is 2.38. The predicted octanol–water partition coefficient (Wildman–Crippen LogP) is 12.6. The van der Waals surface area contributed by atoms with Crippen LogP contribution in [0.3, 0.4) is 0 Å². The van der Waals surface area contributed by atoms with Crippen molar-refractivity contribution in [1.29, 1.82) is 0 Å². The van der Waals surface area contributed by atoms with Crippen molar-refractivity contribution in [3.8, 4) is 0 Å². The van der Waals surface area contributed by atoms with Gasteiger partial charge in [0.1, 0.15) is 0 Å². The quantitative estimate of drug-likeness (QED) is 0.109. The molecule has 0 radical (unpaired) electrons. The van der Waals surface area contributed by atoms with E-state index in [2.05, 4.69) is 27.7 Å². The van der Waals surface area contributed by atoms with Gasteiger partial charge in [-0.15, -0.1) is 0 Å². The fourth-order valence-electron chi connectivity index (χ4n) is 5.59. The van der Waals surface area contributed by atoms with Gasteiger partial charge in [0.15, 0.2) is 0 Å². The molecule has 0 heteroatoms. The summed E-state index contributed by atoms with van der Waals surface area (Å²) in [6, 6.07) is 0. The van der Waals surface area contributed by atoms with E-state index in [-0.39, 0.29) is 0 Å². The molecule has 32 heavy (non-hydrogen) atoms. The molecular weight excluding hydrogens is 384 g/mol. The van der Waals surface area contributed by atoms with E-state index in [1.165, 1.54) is 173 Å². The molecule has 0 rings (SSSR count). The van der Waals surface area contributed by atoms with Crippen LogP contribution in [0, 0.1) is 5.41 Å². The molecule has 0 aromatic carbocycles. The lowest BCUT2D eigenvalue weighted by atomic mass is 9.74. The third-order valence-electron chi connectivity index (χ3n) is 8.37. The van der Waals surface area contributed by atoms with Gasteiger partial charge >= 0.3 is 0 Å². The topological polar surface area (TPSA) is 0 Å². The predicted molar refractivity (Wildman–Crippen MR) is 150 cm³/mol. The molecule has 0 saturated carbocycles. The first kappa shape index (κ1) is 32.0. The largest absolute Gasteiger partial charge is 0.0654 e.